The first-order chi connectivity index (χ1) is 8.31. The summed E-state index contributed by atoms with van der Waals surface area (Å²) in [5.41, 5.74) is 1.32. The van der Waals surface area contributed by atoms with Crippen LogP contribution in [0.4, 0.5) is 0 Å². The molecule has 0 fully saturated rings. The highest BCUT2D eigenvalue weighted by Gasteiger charge is 2.04. The van der Waals surface area contributed by atoms with Gasteiger partial charge in [-0.2, -0.15) is 0 Å². The summed E-state index contributed by atoms with van der Waals surface area (Å²) < 4.78 is 5.04. The largest absolute Gasteiger partial charge is 0.383 e. The molecule has 0 amide bonds. The maximum atomic E-state index is 5.04. The molecule has 2 aromatic carbocycles. The fourth-order valence-corrected chi connectivity index (χ4v) is 1.97. The smallest absolute Gasteiger partial charge is 0.0587 e. The summed E-state index contributed by atoms with van der Waals surface area (Å²) in [5.74, 6) is 0. The predicted molar refractivity (Wildman–Crippen MR) is 72.2 cm³/mol. The zero-order chi connectivity index (χ0) is 12.1. The fourth-order valence-electron chi connectivity index (χ4n) is 1.97. The molecule has 0 saturated heterocycles. The average molecular weight is 229 g/mol. The number of fused-ring (bicyclic) bond motifs is 1. The standard InChI is InChI=1S/C15H19NO/c1-12(16-9-10-17-2)14-8-7-13-5-3-4-6-15(13)11-14/h3-8,11-12,16H,9-10H2,1-2H3. The summed E-state index contributed by atoms with van der Waals surface area (Å²) >= 11 is 0. The molecule has 0 aliphatic rings. The van der Waals surface area contributed by atoms with E-state index in [1.165, 1.54) is 16.3 Å². The Morgan fingerprint density at radius 1 is 1.12 bits per heavy atom. The van der Waals surface area contributed by atoms with Crippen molar-refractivity contribution in [2.45, 2.75) is 13.0 Å². The van der Waals surface area contributed by atoms with Gasteiger partial charge in [0.05, 0.1) is 6.61 Å². The van der Waals surface area contributed by atoms with Crippen LogP contribution in [0, 0.1) is 0 Å². The van der Waals surface area contributed by atoms with Crippen molar-refractivity contribution in [1.29, 1.82) is 0 Å². The van der Waals surface area contributed by atoms with Crippen LogP contribution in [0.1, 0.15) is 18.5 Å². The van der Waals surface area contributed by atoms with E-state index in [1.54, 1.807) is 7.11 Å². The summed E-state index contributed by atoms with van der Waals surface area (Å²) in [6.07, 6.45) is 0. The highest BCUT2D eigenvalue weighted by atomic mass is 16.5. The van der Waals surface area contributed by atoms with E-state index in [0.717, 1.165) is 13.2 Å². The fraction of sp³-hybridized carbons (Fsp3) is 0.333. The molecule has 2 rings (SSSR count). The van der Waals surface area contributed by atoms with Gasteiger partial charge < -0.3 is 10.1 Å². The second-order valence-corrected chi connectivity index (χ2v) is 4.28. The molecule has 0 saturated carbocycles. The number of benzene rings is 2. The topological polar surface area (TPSA) is 21.3 Å². The Bertz CT molecular complexity index is 481. The van der Waals surface area contributed by atoms with Crippen molar-refractivity contribution in [1.82, 2.24) is 5.32 Å². The molecule has 0 bridgehead atoms. The van der Waals surface area contributed by atoms with E-state index in [9.17, 15) is 0 Å². The van der Waals surface area contributed by atoms with Crippen LogP contribution in [-0.2, 0) is 4.74 Å². The van der Waals surface area contributed by atoms with Gasteiger partial charge >= 0.3 is 0 Å². The molecule has 1 atom stereocenters. The van der Waals surface area contributed by atoms with E-state index in [-0.39, 0.29) is 0 Å². The van der Waals surface area contributed by atoms with E-state index in [2.05, 4.69) is 54.7 Å². The molecule has 0 radical (unpaired) electrons. The van der Waals surface area contributed by atoms with Crippen molar-refractivity contribution < 1.29 is 4.74 Å². The van der Waals surface area contributed by atoms with Gasteiger partial charge in [0.2, 0.25) is 0 Å². The maximum Gasteiger partial charge on any atom is 0.0587 e. The van der Waals surface area contributed by atoms with Crippen LogP contribution in [0.3, 0.4) is 0 Å². The first-order valence-electron chi connectivity index (χ1n) is 6.02. The van der Waals surface area contributed by atoms with Crippen LogP contribution in [0.25, 0.3) is 10.8 Å². The molecule has 0 aromatic heterocycles. The first kappa shape index (κ1) is 12.1. The summed E-state index contributed by atoms with van der Waals surface area (Å²) in [4.78, 5) is 0. The van der Waals surface area contributed by atoms with Gasteiger partial charge in [-0.25, -0.2) is 0 Å². The van der Waals surface area contributed by atoms with Gasteiger partial charge in [0, 0.05) is 19.7 Å². The monoisotopic (exact) mass is 229 g/mol. The van der Waals surface area contributed by atoms with Crippen LogP contribution in [0.2, 0.25) is 0 Å². The lowest BCUT2D eigenvalue weighted by molar-refractivity contribution is 0.196. The SMILES string of the molecule is COCCNC(C)c1ccc2ccccc2c1. The molecular formula is C15H19NO. The summed E-state index contributed by atoms with van der Waals surface area (Å²) in [5, 5.41) is 6.03. The molecule has 2 aromatic rings. The molecule has 1 N–H and O–H groups in total. The van der Waals surface area contributed by atoms with Crippen LogP contribution in [-0.4, -0.2) is 20.3 Å². The van der Waals surface area contributed by atoms with Crippen LogP contribution >= 0.6 is 0 Å². The zero-order valence-corrected chi connectivity index (χ0v) is 10.4. The molecule has 17 heavy (non-hydrogen) atoms. The molecule has 0 spiro atoms. The number of hydrogen-bond acceptors (Lipinski definition) is 2. The van der Waals surface area contributed by atoms with Gasteiger partial charge in [0.15, 0.2) is 0 Å². The Kier molecular flexibility index (Phi) is 4.13. The minimum absolute atomic E-state index is 0.356. The third-order valence-electron chi connectivity index (χ3n) is 3.03. The number of nitrogens with one attached hydrogen (secondary N) is 1. The predicted octanol–water partition coefficient (Wildman–Crippen LogP) is 3.14. The molecule has 2 nitrogen and oxygen atoms in total. The van der Waals surface area contributed by atoms with Crippen LogP contribution < -0.4 is 5.32 Å². The van der Waals surface area contributed by atoms with Gasteiger partial charge in [0.1, 0.15) is 0 Å². The van der Waals surface area contributed by atoms with Crippen LogP contribution in [0.15, 0.2) is 42.5 Å². The zero-order valence-electron chi connectivity index (χ0n) is 10.4. The highest BCUT2D eigenvalue weighted by Crippen LogP contribution is 2.19. The molecular weight excluding hydrogens is 210 g/mol. The lowest BCUT2D eigenvalue weighted by Gasteiger charge is -2.14. The lowest BCUT2D eigenvalue weighted by Crippen LogP contribution is -2.22. The summed E-state index contributed by atoms with van der Waals surface area (Å²) in [6.45, 7) is 3.81. The number of methoxy groups -OCH3 is 1. The van der Waals surface area contributed by atoms with Crippen molar-refractivity contribution in [3.05, 3.63) is 48.0 Å². The third-order valence-corrected chi connectivity index (χ3v) is 3.03. The van der Waals surface area contributed by atoms with Crippen molar-refractivity contribution >= 4 is 10.8 Å². The molecule has 0 aliphatic heterocycles. The molecule has 0 aliphatic carbocycles. The normalized spacial score (nSPS) is 12.8. The van der Waals surface area contributed by atoms with E-state index in [4.69, 9.17) is 4.74 Å². The maximum absolute atomic E-state index is 5.04. The van der Waals surface area contributed by atoms with Gasteiger partial charge in [-0.3, -0.25) is 0 Å². The molecule has 90 valence electrons. The Morgan fingerprint density at radius 3 is 2.65 bits per heavy atom. The quantitative estimate of drug-likeness (QED) is 0.795. The Hall–Kier alpha value is -1.38. The molecule has 0 heterocycles. The Balaban J connectivity index is 2.12. The van der Waals surface area contributed by atoms with Gasteiger partial charge in [0.25, 0.3) is 0 Å². The van der Waals surface area contributed by atoms with E-state index in [0.29, 0.717) is 6.04 Å². The number of rotatable bonds is 5. The third kappa shape index (κ3) is 3.05. The van der Waals surface area contributed by atoms with Crippen molar-refractivity contribution in [2.24, 2.45) is 0 Å². The Labute approximate surface area is 103 Å². The Morgan fingerprint density at radius 2 is 1.88 bits per heavy atom. The summed E-state index contributed by atoms with van der Waals surface area (Å²) in [7, 11) is 1.72. The first-order valence-corrected chi connectivity index (χ1v) is 6.02. The lowest BCUT2D eigenvalue weighted by atomic mass is 10.0. The van der Waals surface area contributed by atoms with Crippen LogP contribution in [0.5, 0.6) is 0 Å². The van der Waals surface area contributed by atoms with E-state index < -0.39 is 0 Å². The second kappa shape index (κ2) is 5.80. The number of hydrogen-bond donors (Lipinski definition) is 1. The molecule has 1 unspecified atom stereocenters. The second-order valence-electron chi connectivity index (χ2n) is 4.28. The minimum Gasteiger partial charge on any atom is -0.383 e. The average Bonchev–Trinajstić information content (AvgIpc) is 2.38. The van der Waals surface area contributed by atoms with Gasteiger partial charge in [-0.05, 0) is 29.3 Å². The van der Waals surface area contributed by atoms with E-state index in [1.807, 2.05) is 0 Å². The van der Waals surface area contributed by atoms with Crippen molar-refractivity contribution in [3.8, 4) is 0 Å². The van der Waals surface area contributed by atoms with Gasteiger partial charge in [-0.15, -0.1) is 0 Å². The van der Waals surface area contributed by atoms with E-state index >= 15 is 0 Å². The van der Waals surface area contributed by atoms with Crippen molar-refractivity contribution in [3.63, 3.8) is 0 Å². The minimum atomic E-state index is 0.356. The van der Waals surface area contributed by atoms with Gasteiger partial charge in [-0.1, -0.05) is 36.4 Å². The van der Waals surface area contributed by atoms with Crippen molar-refractivity contribution in [2.75, 3.05) is 20.3 Å². The summed E-state index contributed by atoms with van der Waals surface area (Å²) in [6, 6.07) is 15.4. The number of ether oxygens (including phenoxy) is 1. The highest BCUT2D eigenvalue weighted by molar-refractivity contribution is 5.83. The molecule has 2 heteroatoms.